The molecule has 1 amide bonds. The third-order valence-corrected chi connectivity index (χ3v) is 4.30. The molecule has 0 aliphatic heterocycles. The predicted octanol–water partition coefficient (Wildman–Crippen LogP) is 2.03. The summed E-state index contributed by atoms with van der Waals surface area (Å²) < 4.78 is 30.1. The maximum Gasteiger partial charge on any atom is 0.232 e. The minimum absolute atomic E-state index is 0.00890. The summed E-state index contributed by atoms with van der Waals surface area (Å²) in [7, 11) is -2.05. The fourth-order valence-corrected chi connectivity index (χ4v) is 3.07. The molecule has 0 bridgehead atoms. The molecule has 0 spiro atoms. The van der Waals surface area contributed by atoms with Crippen molar-refractivity contribution in [1.29, 1.82) is 0 Å². The number of nitrogens with zero attached hydrogens (tertiary/aromatic N) is 1. The van der Waals surface area contributed by atoms with E-state index in [2.05, 4.69) is 5.32 Å². The number of carbonyl (C=O) groups is 1. The highest BCUT2D eigenvalue weighted by Crippen LogP contribution is 2.30. The first-order valence-corrected chi connectivity index (χ1v) is 8.98. The molecule has 0 fully saturated rings. The van der Waals surface area contributed by atoms with Gasteiger partial charge in [0.05, 0.1) is 24.1 Å². The number of methoxy groups -OCH3 is 1. The van der Waals surface area contributed by atoms with Crippen LogP contribution in [0.4, 0.5) is 5.69 Å². The Balaban J connectivity index is 2.95. The summed E-state index contributed by atoms with van der Waals surface area (Å²) in [4.78, 5) is 11.7. The standard InChI is InChI=1S/C14H21ClN2O4S/c1-10(2)16-14(18)7-8-17(22(4,19)20)11-5-6-13(21-3)12(15)9-11/h5-6,9-10H,7-8H2,1-4H3,(H,16,18). The fraction of sp³-hybridized carbons (Fsp3) is 0.500. The van der Waals surface area contributed by atoms with Gasteiger partial charge in [-0.3, -0.25) is 9.10 Å². The third kappa shape index (κ3) is 5.38. The maximum atomic E-state index is 12.0. The first kappa shape index (κ1) is 18.6. The molecule has 0 aromatic heterocycles. The van der Waals surface area contributed by atoms with Gasteiger partial charge in [0.15, 0.2) is 0 Å². The Labute approximate surface area is 136 Å². The SMILES string of the molecule is COc1ccc(N(CCC(=O)NC(C)C)S(C)(=O)=O)cc1Cl. The number of ether oxygens (including phenoxy) is 1. The second-order valence-corrected chi connectivity index (χ2v) is 7.44. The molecule has 8 heteroatoms. The highest BCUT2D eigenvalue weighted by molar-refractivity contribution is 7.92. The summed E-state index contributed by atoms with van der Waals surface area (Å²) in [5.74, 6) is 0.250. The van der Waals surface area contributed by atoms with Crippen molar-refractivity contribution in [2.24, 2.45) is 0 Å². The van der Waals surface area contributed by atoms with Gasteiger partial charge in [-0.2, -0.15) is 0 Å². The van der Waals surface area contributed by atoms with Crippen molar-refractivity contribution in [2.75, 3.05) is 24.2 Å². The van der Waals surface area contributed by atoms with E-state index in [9.17, 15) is 13.2 Å². The van der Waals surface area contributed by atoms with Gasteiger partial charge >= 0.3 is 0 Å². The first-order valence-electron chi connectivity index (χ1n) is 6.75. The van der Waals surface area contributed by atoms with E-state index in [0.29, 0.717) is 16.5 Å². The lowest BCUT2D eigenvalue weighted by Gasteiger charge is -2.23. The maximum absolute atomic E-state index is 12.0. The van der Waals surface area contributed by atoms with Crippen LogP contribution in [-0.4, -0.2) is 40.3 Å². The molecule has 22 heavy (non-hydrogen) atoms. The van der Waals surface area contributed by atoms with Gasteiger partial charge in [-0.05, 0) is 32.0 Å². The highest BCUT2D eigenvalue weighted by atomic mass is 35.5. The molecule has 0 radical (unpaired) electrons. The third-order valence-electron chi connectivity index (χ3n) is 2.82. The van der Waals surface area contributed by atoms with Crippen molar-refractivity contribution < 1.29 is 17.9 Å². The Morgan fingerprint density at radius 3 is 2.50 bits per heavy atom. The number of amides is 1. The normalized spacial score (nSPS) is 11.4. The van der Waals surface area contributed by atoms with Crippen molar-refractivity contribution in [3.05, 3.63) is 23.2 Å². The molecule has 124 valence electrons. The molecule has 6 nitrogen and oxygen atoms in total. The molecule has 1 aromatic rings. The van der Waals surface area contributed by atoms with Crippen LogP contribution in [0.15, 0.2) is 18.2 Å². The topological polar surface area (TPSA) is 75.7 Å². The molecule has 0 saturated carbocycles. The molecule has 1 N–H and O–H groups in total. The van der Waals surface area contributed by atoms with E-state index in [1.165, 1.54) is 13.2 Å². The average molecular weight is 349 g/mol. The zero-order valence-corrected chi connectivity index (χ0v) is 14.7. The van der Waals surface area contributed by atoms with Crippen molar-refractivity contribution in [1.82, 2.24) is 5.32 Å². The molecule has 0 saturated heterocycles. The number of hydrogen-bond donors (Lipinski definition) is 1. The second kappa shape index (κ2) is 7.69. The van der Waals surface area contributed by atoms with Gasteiger partial charge in [0.25, 0.3) is 0 Å². The number of halogens is 1. The summed E-state index contributed by atoms with van der Waals surface area (Å²) in [6.07, 6.45) is 1.15. The number of nitrogens with one attached hydrogen (secondary N) is 1. The van der Waals surface area contributed by atoms with Crippen LogP contribution >= 0.6 is 11.6 Å². The monoisotopic (exact) mass is 348 g/mol. The van der Waals surface area contributed by atoms with Gasteiger partial charge < -0.3 is 10.1 Å². The van der Waals surface area contributed by atoms with E-state index >= 15 is 0 Å². The van der Waals surface area contributed by atoms with Gasteiger partial charge in [-0.1, -0.05) is 11.6 Å². The molecular weight excluding hydrogens is 328 g/mol. The lowest BCUT2D eigenvalue weighted by molar-refractivity contribution is -0.121. The Bertz CT molecular complexity index is 632. The van der Waals surface area contributed by atoms with Crippen LogP contribution in [0.1, 0.15) is 20.3 Å². The van der Waals surface area contributed by atoms with Gasteiger partial charge in [0, 0.05) is 19.0 Å². The van der Waals surface area contributed by atoms with Crippen LogP contribution in [0.5, 0.6) is 5.75 Å². The predicted molar refractivity (Wildman–Crippen MR) is 88.1 cm³/mol. The lowest BCUT2D eigenvalue weighted by Crippen LogP contribution is -2.36. The number of anilines is 1. The largest absolute Gasteiger partial charge is 0.495 e. The Hall–Kier alpha value is -1.47. The summed E-state index contributed by atoms with van der Waals surface area (Å²) in [6, 6.07) is 4.69. The summed E-state index contributed by atoms with van der Waals surface area (Å²) in [5.41, 5.74) is 0.394. The Kier molecular flexibility index (Phi) is 6.49. The zero-order valence-electron chi connectivity index (χ0n) is 13.1. The van der Waals surface area contributed by atoms with Crippen LogP contribution in [0, 0.1) is 0 Å². The minimum atomic E-state index is -3.52. The quantitative estimate of drug-likeness (QED) is 0.818. The molecule has 1 rings (SSSR count). The molecule has 0 aliphatic carbocycles. The second-order valence-electron chi connectivity index (χ2n) is 5.13. The Morgan fingerprint density at radius 1 is 1.41 bits per heavy atom. The van der Waals surface area contributed by atoms with Gasteiger partial charge in [0.1, 0.15) is 5.75 Å². The van der Waals surface area contributed by atoms with Crippen molar-refractivity contribution in [3.63, 3.8) is 0 Å². The Morgan fingerprint density at radius 2 is 2.05 bits per heavy atom. The van der Waals surface area contributed by atoms with E-state index in [1.54, 1.807) is 12.1 Å². The van der Waals surface area contributed by atoms with Crippen LogP contribution in [0.2, 0.25) is 5.02 Å². The highest BCUT2D eigenvalue weighted by Gasteiger charge is 2.20. The van der Waals surface area contributed by atoms with Crippen molar-refractivity contribution in [3.8, 4) is 5.75 Å². The first-order chi connectivity index (χ1) is 10.1. The van der Waals surface area contributed by atoms with Crippen molar-refractivity contribution in [2.45, 2.75) is 26.3 Å². The van der Waals surface area contributed by atoms with Crippen LogP contribution in [0.25, 0.3) is 0 Å². The van der Waals surface area contributed by atoms with E-state index in [1.807, 2.05) is 13.8 Å². The van der Waals surface area contributed by atoms with Gasteiger partial charge in [-0.25, -0.2) is 8.42 Å². The van der Waals surface area contributed by atoms with E-state index in [4.69, 9.17) is 16.3 Å². The summed E-state index contributed by atoms with van der Waals surface area (Å²) >= 11 is 6.03. The number of benzene rings is 1. The summed E-state index contributed by atoms with van der Waals surface area (Å²) in [6.45, 7) is 3.73. The number of hydrogen-bond acceptors (Lipinski definition) is 4. The molecule has 0 atom stereocenters. The number of sulfonamides is 1. The molecule has 0 unspecified atom stereocenters. The van der Waals surface area contributed by atoms with Gasteiger partial charge in [-0.15, -0.1) is 0 Å². The van der Waals surface area contributed by atoms with Gasteiger partial charge in [0.2, 0.25) is 15.9 Å². The molecule has 0 heterocycles. The average Bonchev–Trinajstić information content (AvgIpc) is 2.36. The van der Waals surface area contributed by atoms with Crippen LogP contribution in [-0.2, 0) is 14.8 Å². The van der Waals surface area contributed by atoms with E-state index in [0.717, 1.165) is 10.6 Å². The van der Waals surface area contributed by atoms with Crippen LogP contribution < -0.4 is 14.4 Å². The fourth-order valence-electron chi connectivity index (χ4n) is 1.89. The minimum Gasteiger partial charge on any atom is -0.495 e. The zero-order chi connectivity index (χ0) is 16.9. The van der Waals surface area contributed by atoms with Crippen LogP contribution in [0.3, 0.4) is 0 Å². The number of rotatable bonds is 7. The molecule has 1 aromatic carbocycles. The van der Waals surface area contributed by atoms with Crippen molar-refractivity contribution >= 4 is 33.2 Å². The summed E-state index contributed by atoms with van der Waals surface area (Å²) in [5, 5.41) is 3.03. The van der Waals surface area contributed by atoms with E-state index < -0.39 is 10.0 Å². The smallest absolute Gasteiger partial charge is 0.232 e. The lowest BCUT2D eigenvalue weighted by atomic mass is 10.3. The number of carbonyl (C=O) groups excluding carboxylic acids is 1. The molecular formula is C14H21ClN2O4S. The molecule has 0 aliphatic rings. The van der Waals surface area contributed by atoms with E-state index in [-0.39, 0.29) is 24.9 Å².